The molecule has 0 unspecified atom stereocenters. The molecule has 0 bridgehead atoms. The molecule has 0 saturated heterocycles. The molecule has 1 aromatic rings. The smallest absolute Gasteiger partial charge is 0.237 e. The largest absolute Gasteiger partial charge is 0.433 e. The summed E-state index contributed by atoms with van der Waals surface area (Å²) in [5, 5.41) is 0.177. The van der Waals surface area contributed by atoms with Gasteiger partial charge in [0.15, 0.2) is 5.69 Å². The Bertz CT molecular complexity index is 393. The summed E-state index contributed by atoms with van der Waals surface area (Å²) in [6.45, 7) is 0. The third-order valence-electron chi connectivity index (χ3n) is 1.73. The Labute approximate surface area is 110 Å². The van der Waals surface area contributed by atoms with Gasteiger partial charge in [-0.3, -0.25) is 0 Å². The topological polar surface area (TPSA) is 12.9 Å². The highest BCUT2D eigenvalue weighted by Crippen LogP contribution is 2.36. The van der Waals surface area contributed by atoms with Crippen LogP contribution in [0.15, 0.2) is 6.07 Å². The third-order valence-corrected chi connectivity index (χ3v) is 3.26. The third kappa shape index (κ3) is 3.02. The van der Waals surface area contributed by atoms with E-state index in [1.807, 2.05) is 0 Å². The summed E-state index contributed by atoms with van der Waals surface area (Å²) in [5.74, 6) is 0. The predicted molar refractivity (Wildman–Crippen MR) is 59.5 cm³/mol. The second kappa shape index (κ2) is 5.11. The Balaban J connectivity index is 3.42. The lowest BCUT2D eigenvalue weighted by atomic mass is 10.1. The predicted octanol–water partition coefficient (Wildman–Crippen LogP) is 4.54. The molecule has 0 saturated carbocycles. The number of pyridine rings is 1. The Kier molecular flexibility index (Phi) is 4.49. The van der Waals surface area contributed by atoms with Crippen LogP contribution in [-0.2, 0) is 11.5 Å². The summed E-state index contributed by atoms with van der Waals surface area (Å²) in [6, 6.07) is 0.830. The first kappa shape index (κ1) is 14.1. The summed E-state index contributed by atoms with van der Waals surface area (Å²) in [5.41, 5.74) is -2.29. The maximum atomic E-state index is 12.4. The highest BCUT2D eigenvalue weighted by Gasteiger charge is 2.38. The summed E-state index contributed by atoms with van der Waals surface area (Å²) in [4.78, 5) is 3.19. The van der Waals surface area contributed by atoms with Crippen LogP contribution in [0.1, 0.15) is 23.2 Å². The van der Waals surface area contributed by atoms with Crippen LogP contribution in [0, 0.1) is 3.70 Å². The van der Waals surface area contributed by atoms with Crippen molar-refractivity contribution >= 4 is 38.5 Å². The lowest BCUT2D eigenvalue weighted by Gasteiger charge is -2.13. The van der Waals surface area contributed by atoms with E-state index >= 15 is 0 Å². The van der Waals surface area contributed by atoms with E-state index in [-0.39, 0.29) is 9.03 Å². The van der Waals surface area contributed by atoms with Crippen molar-refractivity contribution in [2.75, 3.05) is 0 Å². The molecule has 0 spiro atoms. The Morgan fingerprint density at radius 2 is 1.94 bits per heavy atom. The zero-order valence-corrected chi connectivity index (χ0v) is 11.2. The highest BCUT2D eigenvalue weighted by molar-refractivity contribution is 14.1. The first-order valence-corrected chi connectivity index (χ1v) is 6.08. The number of hydrogen-bond acceptors (Lipinski definition) is 1. The van der Waals surface area contributed by atoms with Gasteiger partial charge >= 0.3 is 6.18 Å². The van der Waals surface area contributed by atoms with Gasteiger partial charge in [-0.1, -0.05) is 15.9 Å². The molecule has 0 aliphatic carbocycles. The van der Waals surface area contributed by atoms with Crippen molar-refractivity contribution in [1.82, 2.24) is 4.98 Å². The van der Waals surface area contributed by atoms with E-state index in [1.165, 1.54) is 0 Å². The van der Waals surface area contributed by atoms with Crippen molar-refractivity contribution in [3.63, 3.8) is 0 Å². The quantitative estimate of drug-likeness (QED) is 0.299. The molecule has 0 aromatic carbocycles. The van der Waals surface area contributed by atoms with Crippen LogP contribution in [0.5, 0.6) is 0 Å². The normalized spacial score (nSPS) is 12.2. The number of hydrogen-bond donors (Lipinski definition) is 0. The van der Waals surface area contributed by atoms with Crippen LogP contribution in [0.25, 0.3) is 0 Å². The molecule has 0 aliphatic heterocycles. The molecule has 0 amide bonds. The van der Waals surface area contributed by atoms with E-state index in [2.05, 4.69) is 20.9 Å². The molecule has 16 heavy (non-hydrogen) atoms. The molecule has 0 aliphatic rings. The van der Waals surface area contributed by atoms with Gasteiger partial charge in [0, 0.05) is 10.9 Å². The number of halogens is 7. The minimum absolute atomic E-state index is 0.0613. The van der Waals surface area contributed by atoms with E-state index in [1.54, 1.807) is 22.6 Å². The zero-order chi connectivity index (χ0) is 12.5. The second-order valence-electron chi connectivity index (χ2n) is 2.81. The molecule has 0 N–H and O–H groups in total. The monoisotopic (exact) mass is 415 g/mol. The fourth-order valence-electron chi connectivity index (χ4n) is 1.04. The molecule has 1 aromatic heterocycles. The van der Waals surface area contributed by atoms with Crippen LogP contribution in [0.3, 0.4) is 0 Å². The van der Waals surface area contributed by atoms with E-state index in [0.29, 0.717) is 5.56 Å². The Morgan fingerprint density at radius 1 is 1.38 bits per heavy atom. The average Bonchev–Trinajstić information content (AvgIpc) is 2.15. The van der Waals surface area contributed by atoms with Crippen molar-refractivity contribution in [3.8, 4) is 0 Å². The van der Waals surface area contributed by atoms with Crippen LogP contribution in [-0.4, -0.2) is 4.98 Å². The van der Waals surface area contributed by atoms with Crippen LogP contribution in [0.2, 0.25) is 0 Å². The van der Waals surface area contributed by atoms with Crippen molar-refractivity contribution < 1.29 is 22.0 Å². The fraction of sp³-hybridized carbons (Fsp3) is 0.375. The van der Waals surface area contributed by atoms with E-state index < -0.39 is 23.9 Å². The standard InChI is InChI=1S/C8H4BrF5IN/c9-2-3-1-4(6(10)11)5(8(12,13)14)16-7(3)15/h1,6H,2H2. The van der Waals surface area contributed by atoms with Gasteiger partial charge < -0.3 is 0 Å². The van der Waals surface area contributed by atoms with Crippen molar-refractivity contribution in [2.45, 2.75) is 17.9 Å². The molecule has 1 nitrogen and oxygen atoms in total. The zero-order valence-electron chi connectivity index (χ0n) is 7.45. The second-order valence-corrected chi connectivity index (χ2v) is 4.39. The summed E-state index contributed by atoms with van der Waals surface area (Å²) < 4.78 is 62.2. The number of nitrogens with zero attached hydrogens (tertiary/aromatic N) is 1. The number of aromatic nitrogens is 1. The van der Waals surface area contributed by atoms with Gasteiger partial charge in [0.05, 0.1) is 0 Å². The van der Waals surface area contributed by atoms with Gasteiger partial charge in [-0.15, -0.1) is 0 Å². The lowest BCUT2D eigenvalue weighted by molar-refractivity contribution is -0.143. The Morgan fingerprint density at radius 3 is 2.31 bits per heavy atom. The number of alkyl halides is 6. The molecular weight excluding hydrogens is 412 g/mol. The maximum absolute atomic E-state index is 12.4. The molecule has 0 atom stereocenters. The van der Waals surface area contributed by atoms with Crippen LogP contribution >= 0.6 is 38.5 Å². The van der Waals surface area contributed by atoms with Crippen LogP contribution < -0.4 is 0 Å². The fourth-order valence-corrected chi connectivity index (χ4v) is 2.58. The van der Waals surface area contributed by atoms with Gasteiger partial charge in [-0.25, -0.2) is 13.8 Å². The van der Waals surface area contributed by atoms with Crippen LogP contribution in [0.4, 0.5) is 22.0 Å². The first-order valence-electron chi connectivity index (χ1n) is 3.88. The SMILES string of the molecule is FC(F)c1cc(CBr)c(I)nc1C(F)(F)F. The van der Waals surface area contributed by atoms with Gasteiger partial charge in [-0.2, -0.15) is 13.2 Å². The molecule has 8 heteroatoms. The molecular formula is C8H4BrF5IN. The van der Waals surface area contributed by atoms with Crippen molar-refractivity contribution in [2.24, 2.45) is 0 Å². The highest BCUT2D eigenvalue weighted by atomic mass is 127. The number of rotatable bonds is 2. The van der Waals surface area contributed by atoms with Gasteiger partial charge in [-0.05, 0) is 34.2 Å². The first-order chi connectivity index (χ1) is 7.27. The van der Waals surface area contributed by atoms with E-state index in [9.17, 15) is 22.0 Å². The summed E-state index contributed by atoms with van der Waals surface area (Å²) in [7, 11) is 0. The Hall–Kier alpha value is 0.01000. The van der Waals surface area contributed by atoms with E-state index in [0.717, 1.165) is 6.07 Å². The minimum Gasteiger partial charge on any atom is -0.237 e. The molecule has 90 valence electrons. The van der Waals surface area contributed by atoms with Gasteiger partial charge in [0.25, 0.3) is 6.43 Å². The summed E-state index contributed by atoms with van der Waals surface area (Å²) >= 11 is 4.58. The maximum Gasteiger partial charge on any atom is 0.433 e. The summed E-state index contributed by atoms with van der Waals surface area (Å²) in [6.07, 6.45) is -8.06. The molecule has 0 radical (unpaired) electrons. The van der Waals surface area contributed by atoms with Crippen molar-refractivity contribution in [3.05, 3.63) is 26.6 Å². The van der Waals surface area contributed by atoms with Gasteiger partial charge in [0.2, 0.25) is 0 Å². The minimum atomic E-state index is -4.86. The van der Waals surface area contributed by atoms with Crippen molar-refractivity contribution in [1.29, 1.82) is 0 Å². The van der Waals surface area contributed by atoms with E-state index in [4.69, 9.17) is 0 Å². The molecule has 1 rings (SSSR count). The van der Waals surface area contributed by atoms with Gasteiger partial charge in [0.1, 0.15) is 3.70 Å². The molecule has 0 fully saturated rings. The molecule has 1 heterocycles. The average molecular weight is 416 g/mol. The lowest BCUT2D eigenvalue weighted by Crippen LogP contribution is -2.14.